The highest BCUT2D eigenvalue weighted by molar-refractivity contribution is 9.09. The Morgan fingerprint density at radius 1 is 1.10 bits per heavy atom. The van der Waals surface area contributed by atoms with Gasteiger partial charge in [-0.25, -0.2) is 0 Å². The second-order valence-corrected chi connectivity index (χ2v) is 6.36. The number of Topliss-reactive ketones (excluding diaryl/α,β-unsaturated/α-hetero) is 1. The number of nitrogens with zero attached hydrogens (tertiary/aromatic N) is 2. The summed E-state index contributed by atoms with van der Waals surface area (Å²) in [5.74, 6) is 0.148. The van der Waals surface area contributed by atoms with E-state index in [0.717, 1.165) is 18.2 Å². The van der Waals surface area contributed by atoms with E-state index >= 15 is 0 Å². The second-order valence-electron chi connectivity index (χ2n) is 5.80. The zero-order valence-corrected chi connectivity index (χ0v) is 15.4. The van der Waals surface area contributed by atoms with Crippen LogP contribution in [0.25, 0.3) is 0 Å². The van der Waals surface area contributed by atoms with Crippen molar-refractivity contribution in [1.29, 1.82) is 0 Å². The van der Waals surface area contributed by atoms with Gasteiger partial charge in [0.15, 0.2) is 5.78 Å². The summed E-state index contributed by atoms with van der Waals surface area (Å²) in [6.07, 6.45) is 2.81. The van der Waals surface area contributed by atoms with E-state index in [0.29, 0.717) is 5.33 Å². The summed E-state index contributed by atoms with van der Waals surface area (Å²) in [6, 6.07) is 8.96. The van der Waals surface area contributed by atoms with Gasteiger partial charge in [0.25, 0.3) is 0 Å². The third kappa shape index (κ3) is 4.62. The molecule has 1 aliphatic heterocycles. The lowest BCUT2D eigenvalue weighted by Crippen LogP contribution is -2.46. The van der Waals surface area contributed by atoms with Crippen molar-refractivity contribution in [2.75, 3.05) is 31.5 Å². The molecule has 116 valence electrons. The van der Waals surface area contributed by atoms with Crippen LogP contribution in [0.5, 0.6) is 0 Å². The van der Waals surface area contributed by atoms with Crippen LogP contribution in [-0.2, 0) is 6.54 Å². The minimum absolute atomic E-state index is 0. The number of piperazine rings is 1. The highest BCUT2D eigenvalue weighted by Gasteiger charge is 2.30. The first-order valence-electron chi connectivity index (χ1n) is 7.41. The van der Waals surface area contributed by atoms with Crippen molar-refractivity contribution < 1.29 is 4.79 Å². The van der Waals surface area contributed by atoms with Gasteiger partial charge in [-0.3, -0.25) is 14.6 Å². The van der Waals surface area contributed by atoms with Gasteiger partial charge >= 0.3 is 0 Å². The maximum absolute atomic E-state index is 11.6. The smallest absolute Gasteiger partial charge is 0.173 e. The summed E-state index contributed by atoms with van der Waals surface area (Å²) in [5, 5.41) is 0.398. The van der Waals surface area contributed by atoms with Crippen LogP contribution in [0.2, 0.25) is 0 Å². The number of benzene rings is 1. The molecule has 1 saturated heterocycles. The van der Waals surface area contributed by atoms with Crippen LogP contribution in [0.15, 0.2) is 24.3 Å². The highest BCUT2D eigenvalue weighted by Crippen LogP contribution is 2.27. The molecule has 0 N–H and O–H groups in total. The lowest BCUT2D eigenvalue weighted by atomic mass is 10.1. The number of ketones is 1. The largest absolute Gasteiger partial charge is 0.298 e. The maximum atomic E-state index is 11.6. The molecule has 0 atom stereocenters. The van der Waals surface area contributed by atoms with Gasteiger partial charge in [0, 0.05) is 44.3 Å². The maximum Gasteiger partial charge on any atom is 0.173 e. The number of rotatable bonds is 5. The minimum Gasteiger partial charge on any atom is -0.298 e. The average molecular weight is 418 g/mol. The predicted molar refractivity (Wildman–Crippen MR) is 94.8 cm³/mol. The SMILES string of the molecule is Br.O=C(CBr)c1ccc(CN2CCN(C3CC3)CC2)cc1. The van der Waals surface area contributed by atoms with Gasteiger partial charge in [-0.2, -0.15) is 0 Å². The fraction of sp³-hybridized carbons (Fsp3) is 0.562. The van der Waals surface area contributed by atoms with Crippen LogP contribution in [0.1, 0.15) is 28.8 Å². The van der Waals surface area contributed by atoms with E-state index in [1.54, 1.807) is 0 Å². The van der Waals surface area contributed by atoms with Gasteiger partial charge in [-0.1, -0.05) is 40.2 Å². The molecule has 3 nitrogen and oxygen atoms in total. The molecule has 2 aliphatic rings. The average Bonchev–Trinajstić information content (AvgIpc) is 3.33. The summed E-state index contributed by atoms with van der Waals surface area (Å²) in [7, 11) is 0. The first kappa shape index (κ1) is 17.1. The molecule has 3 rings (SSSR count). The molecular weight excluding hydrogens is 396 g/mol. The van der Waals surface area contributed by atoms with E-state index in [4.69, 9.17) is 0 Å². The van der Waals surface area contributed by atoms with Crippen molar-refractivity contribution >= 4 is 38.7 Å². The number of alkyl halides is 1. The molecular formula is C16H22Br2N2O. The van der Waals surface area contributed by atoms with Crippen LogP contribution in [0, 0.1) is 0 Å². The molecule has 2 fully saturated rings. The van der Waals surface area contributed by atoms with Gasteiger partial charge < -0.3 is 0 Å². The van der Waals surface area contributed by atoms with E-state index in [1.165, 1.54) is 44.6 Å². The molecule has 0 spiro atoms. The number of halogens is 2. The van der Waals surface area contributed by atoms with Crippen LogP contribution in [0.4, 0.5) is 0 Å². The van der Waals surface area contributed by atoms with Crippen molar-refractivity contribution in [3.63, 3.8) is 0 Å². The van der Waals surface area contributed by atoms with E-state index in [-0.39, 0.29) is 22.8 Å². The minimum atomic E-state index is 0. The zero-order chi connectivity index (χ0) is 13.9. The van der Waals surface area contributed by atoms with Crippen LogP contribution < -0.4 is 0 Å². The Labute approximate surface area is 145 Å². The number of carbonyl (C=O) groups is 1. The van der Waals surface area contributed by atoms with E-state index < -0.39 is 0 Å². The molecule has 0 bridgehead atoms. The third-order valence-corrected chi connectivity index (χ3v) is 4.78. The van der Waals surface area contributed by atoms with Gasteiger partial charge in [0.05, 0.1) is 5.33 Å². The van der Waals surface area contributed by atoms with Crippen LogP contribution in [0.3, 0.4) is 0 Å². The fourth-order valence-electron chi connectivity index (χ4n) is 2.86. The zero-order valence-electron chi connectivity index (χ0n) is 12.1. The van der Waals surface area contributed by atoms with E-state index in [9.17, 15) is 4.79 Å². The predicted octanol–water partition coefficient (Wildman–Crippen LogP) is 3.12. The molecule has 1 saturated carbocycles. The molecule has 0 amide bonds. The van der Waals surface area contributed by atoms with Crippen LogP contribution >= 0.6 is 32.9 Å². The quantitative estimate of drug-likeness (QED) is 0.543. The van der Waals surface area contributed by atoms with Gasteiger partial charge in [-0.05, 0) is 18.4 Å². The summed E-state index contributed by atoms with van der Waals surface area (Å²) < 4.78 is 0. The lowest BCUT2D eigenvalue weighted by Gasteiger charge is -2.34. The monoisotopic (exact) mass is 416 g/mol. The van der Waals surface area contributed by atoms with Crippen molar-refractivity contribution in [2.24, 2.45) is 0 Å². The first-order valence-corrected chi connectivity index (χ1v) is 8.53. The summed E-state index contributed by atoms with van der Waals surface area (Å²) in [4.78, 5) is 16.7. The van der Waals surface area contributed by atoms with Crippen molar-refractivity contribution in [2.45, 2.75) is 25.4 Å². The summed E-state index contributed by atoms with van der Waals surface area (Å²) in [6.45, 7) is 5.76. The normalized spacial score (nSPS) is 20.0. The Bertz CT molecular complexity index is 466. The Kier molecular flexibility index (Phi) is 6.41. The molecule has 1 heterocycles. The fourth-order valence-corrected chi connectivity index (χ4v) is 3.18. The van der Waals surface area contributed by atoms with Crippen LogP contribution in [-0.4, -0.2) is 53.1 Å². The Hall–Kier alpha value is -0.230. The molecule has 5 heteroatoms. The topological polar surface area (TPSA) is 23.6 Å². The molecule has 1 aliphatic carbocycles. The molecule has 21 heavy (non-hydrogen) atoms. The van der Waals surface area contributed by atoms with Gasteiger partial charge in [0.2, 0.25) is 0 Å². The lowest BCUT2D eigenvalue weighted by molar-refractivity contribution is 0.102. The molecule has 0 radical (unpaired) electrons. The third-order valence-electron chi connectivity index (χ3n) is 4.27. The Balaban J connectivity index is 0.00000161. The first-order chi connectivity index (χ1) is 9.76. The summed E-state index contributed by atoms with van der Waals surface area (Å²) >= 11 is 3.21. The van der Waals surface area contributed by atoms with Crippen molar-refractivity contribution in [1.82, 2.24) is 9.80 Å². The van der Waals surface area contributed by atoms with E-state index in [1.807, 2.05) is 12.1 Å². The molecule has 1 aromatic carbocycles. The number of hydrogen-bond donors (Lipinski definition) is 0. The van der Waals surface area contributed by atoms with Gasteiger partial charge in [-0.15, -0.1) is 17.0 Å². The van der Waals surface area contributed by atoms with Crippen molar-refractivity contribution in [3.05, 3.63) is 35.4 Å². The number of carbonyl (C=O) groups excluding carboxylic acids is 1. The second kappa shape index (κ2) is 7.86. The highest BCUT2D eigenvalue weighted by atomic mass is 79.9. The Morgan fingerprint density at radius 3 is 2.24 bits per heavy atom. The van der Waals surface area contributed by atoms with Crippen molar-refractivity contribution in [3.8, 4) is 0 Å². The molecule has 0 aromatic heterocycles. The summed E-state index contributed by atoms with van der Waals surface area (Å²) in [5.41, 5.74) is 2.10. The van der Waals surface area contributed by atoms with Gasteiger partial charge in [0.1, 0.15) is 0 Å². The molecule has 1 aromatic rings. The van der Waals surface area contributed by atoms with E-state index in [2.05, 4.69) is 37.9 Å². The standard InChI is InChI=1S/C16H21BrN2O.BrH/c17-11-16(20)14-3-1-13(2-4-14)12-18-7-9-19(10-8-18)15-5-6-15;/h1-4,15H,5-12H2;1H. The number of hydrogen-bond acceptors (Lipinski definition) is 3. The molecule has 0 unspecified atom stereocenters. The Morgan fingerprint density at radius 2 is 1.71 bits per heavy atom.